The Morgan fingerprint density at radius 2 is 1.85 bits per heavy atom. The van der Waals surface area contributed by atoms with Crippen molar-refractivity contribution in [3.63, 3.8) is 0 Å². The number of benzene rings is 1. The molecule has 13 heavy (non-hydrogen) atoms. The highest BCUT2D eigenvalue weighted by Gasteiger charge is 2.52. The normalized spacial score (nSPS) is 32.2. The summed E-state index contributed by atoms with van der Waals surface area (Å²) in [4.78, 5) is 0. The zero-order valence-corrected chi connectivity index (χ0v) is 8.75. The van der Waals surface area contributed by atoms with Gasteiger partial charge in [0.15, 0.2) is 0 Å². The van der Waals surface area contributed by atoms with E-state index < -0.39 is 0 Å². The van der Waals surface area contributed by atoms with Gasteiger partial charge in [-0.1, -0.05) is 51.1 Å². The average Bonchev–Trinajstić information content (AvgIpc) is 2.82. The largest absolute Gasteiger partial charge is 0.0625 e. The van der Waals surface area contributed by atoms with E-state index in [-0.39, 0.29) is 0 Å². The Bertz CT molecular complexity index is 286. The summed E-state index contributed by atoms with van der Waals surface area (Å²) in [6, 6.07) is 10.9. The van der Waals surface area contributed by atoms with Gasteiger partial charge >= 0.3 is 0 Å². The van der Waals surface area contributed by atoms with Crippen molar-refractivity contribution in [2.24, 2.45) is 11.8 Å². The summed E-state index contributed by atoms with van der Waals surface area (Å²) < 4.78 is 0. The van der Waals surface area contributed by atoms with Gasteiger partial charge in [0.05, 0.1) is 0 Å². The smallest absolute Gasteiger partial charge is 0.00412 e. The monoisotopic (exact) mass is 174 g/mol. The lowest BCUT2D eigenvalue weighted by molar-refractivity contribution is 0.499. The van der Waals surface area contributed by atoms with Crippen LogP contribution < -0.4 is 0 Å². The molecule has 0 aromatic heterocycles. The lowest BCUT2D eigenvalue weighted by Gasteiger charge is -2.13. The Hall–Kier alpha value is -0.780. The molecule has 0 saturated heterocycles. The molecule has 0 unspecified atom stereocenters. The van der Waals surface area contributed by atoms with Crippen molar-refractivity contribution in [3.8, 4) is 0 Å². The second kappa shape index (κ2) is 2.87. The lowest BCUT2D eigenvalue weighted by Crippen LogP contribution is -2.07. The molecule has 0 radical (unpaired) electrons. The maximum Gasteiger partial charge on any atom is -0.00412 e. The summed E-state index contributed by atoms with van der Waals surface area (Å²) in [5.41, 5.74) is 2.00. The second-order valence-corrected chi connectivity index (χ2v) is 4.84. The van der Waals surface area contributed by atoms with Crippen molar-refractivity contribution in [1.29, 1.82) is 0 Å². The standard InChI is InChI=1S/C13H18/c1-10(2)12-9-13(12,3)11-7-5-4-6-8-11/h4-8,10,12H,9H2,1-3H3/t12-,13-/m0/s1. The summed E-state index contributed by atoms with van der Waals surface area (Å²) in [6.07, 6.45) is 1.37. The Labute approximate surface area is 81.0 Å². The Morgan fingerprint density at radius 1 is 1.23 bits per heavy atom. The van der Waals surface area contributed by atoms with Crippen LogP contribution in [0.15, 0.2) is 30.3 Å². The molecule has 1 aromatic carbocycles. The zero-order valence-electron chi connectivity index (χ0n) is 8.75. The van der Waals surface area contributed by atoms with Crippen LogP contribution in [0, 0.1) is 11.8 Å². The number of hydrogen-bond acceptors (Lipinski definition) is 0. The van der Waals surface area contributed by atoms with E-state index in [4.69, 9.17) is 0 Å². The van der Waals surface area contributed by atoms with E-state index >= 15 is 0 Å². The zero-order chi connectivity index (χ0) is 9.47. The second-order valence-electron chi connectivity index (χ2n) is 4.84. The molecular formula is C13H18. The van der Waals surface area contributed by atoms with E-state index in [1.165, 1.54) is 12.0 Å². The first-order valence-electron chi connectivity index (χ1n) is 5.20. The van der Waals surface area contributed by atoms with Gasteiger partial charge in [-0.3, -0.25) is 0 Å². The van der Waals surface area contributed by atoms with Gasteiger partial charge in [0.2, 0.25) is 0 Å². The molecule has 1 aromatic rings. The molecule has 2 atom stereocenters. The summed E-state index contributed by atoms with van der Waals surface area (Å²) in [5.74, 6) is 1.72. The Kier molecular flexibility index (Phi) is 1.94. The first kappa shape index (κ1) is 8.80. The molecular weight excluding hydrogens is 156 g/mol. The molecule has 0 heteroatoms. The van der Waals surface area contributed by atoms with Gasteiger partial charge < -0.3 is 0 Å². The van der Waals surface area contributed by atoms with Gasteiger partial charge in [0.25, 0.3) is 0 Å². The topological polar surface area (TPSA) is 0 Å². The number of rotatable bonds is 2. The average molecular weight is 174 g/mol. The third kappa shape index (κ3) is 1.39. The van der Waals surface area contributed by atoms with Crippen LogP contribution in [-0.4, -0.2) is 0 Å². The molecule has 0 heterocycles. The predicted molar refractivity (Wildman–Crippen MR) is 56.7 cm³/mol. The molecule has 0 spiro atoms. The van der Waals surface area contributed by atoms with E-state index in [9.17, 15) is 0 Å². The minimum absolute atomic E-state index is 0.482. The molecule has 70 valence electrons. The van der Waals surface area contributed by atoms with Gasteiger partial charge in [-0.2, -0.15) is 0 Å². The van der Waals surface area contributed by atoms with Gasteiger partial charge in [-0.05, 0) is 29.2 Å². The minimum atomic E-state index is 0.482. The van der Waals surface area contributed by atoms with Crippen molar-refractivity contribution >= 4 is 0 Å². The van der Waals surface area contributed by atoms with Crippen molar-refractivity contribution in [2.75, 3.05) is 0 Å². The first-order chi connectivity index (χ1) is 6.14. The van der Waals surface area contributed by atoms with E-state index in [0.717, 1.165) is 11.8 Å². The first-order valence-corrected chi connectivity index (χ1v) is 5.20. The molecule has 0 N–H and O–H groups in total. The van der Waals surface area contributed by atoms with Crippen LogP contribution in [0.4, 0.5) is 0 Å². The molecule has 0 aliphatic heterocycles. The van der Waals surface area contributed by atoms with Crippen LogP contribution in [0.25, 0.3) is 0 Å². The fourth-order valence-corrected chi connectivity index (χ4v) is 2.52. The van der Waals surface area contributed by atoms with Gasteiger partial charge in [-0.25, -0.2) is 0 Å². The maximum atomic E-state index is 2.40. The lowest BCUT2D eigenvalue weighted by atomic mass is 9.91. The highest BCUT2D eigenvalue weighted by atomic mass is 14.6. The van der Waals surface area contributed by atoms with Crippen LogP contribution in [0.2, 0.25) is 0 Å². The summed E-state index contributed by atoms with van der Waals surface area (Å²) in [6.45, 7) is 7.06. The minimum Gasteiger partial charge on any atom is -0.0625 e. The molecule has 1 saturated carbocycles. The third-order valence-electron chi connectivity index (χ3n) is 3.54. The van der Waals surface area contributed by atoms with Gasteiger partial charge in [0.1, 0.15) is 0 Å². The third-order valence-corrected chi connectivity index (χ3v) is 3.54. The summed E-state index contributed by atoms with van der Waals surface area (Å²) in [5, 5.41) is 0. The molecule has 1 aliphatic rings. The molecule has 0 amide bonds. The van der Waals surface area contributed by atoms with Gasteiger partial charge in [-0.15, -0.1) is 0 Å². The van der Waals surface area contributed by atoms with E-state index in [1.807, 2.05) is 0 Å². The molecule has 0 nitrogen and oxygen atoms in total. The Morgan fingerprint density at radius 3 is 2.31 bits per heavy atom. The predicted octanol–water partition coefficient (Wildman–Crippen LogP) is 3.62. The highest BCUT2D eigenvalue weighted by molar-refractivity contribution is 5.32. The van der Waals surface area contributed by atoms with Crippen LogP contribution >= 0.6 is 0 Å². The fourth-order valence-electron chi connectivity index (χ4n) is 2.52. The van der Waals surface area contributed by atoms with Crippen LogP contribution in [0.3, 0.4) is 0 Å². The van der Waals surface area contributed by atoms with Crippen LogP contribution in [-0.2, 0) is 5.41 Å². The van der Waals surface area contributed by atoms with Crippen molar-refractivity contribution in [2.45, 2.75) is 32.6 Å². The van der Waals surface area contributed by atoms with Crippen LogP contribution in [0.1, 0.15) is 32.8 Å². The molecule has 0 bridgehead atoms. The van der Waals surface area contributed by atoms with E-state index in [1.54, 1.807) is 0 Å². The fraction of sp³-hybridized carbons (Fsp3) is 0.538. The molecule has 2 rings (SSSR count). The van der Waals surface area contributed by atoms with Crippen molar-refractivity contribution in [3.05, 3.63) is 35.9 Å². The van der Waals surface area contributed by atoms with Crippen molar-refractivity contribution < 1.29 is 0 Å². The van der Waals surface area contributed by atoms with Crippen LogP contribution in [0.5, 0.6) is 0 Å². The number of hydrogen-bond donors (Lipinski definition) is 0. The summed E-state index contributed by atoms with van der Waals surface area (Å²) >= 11 is 0. The SMILES string of the molecule is CC(C)[C@@H]1C[C@@]1(C)c1ccccc1. The van der Waals surface area contributed by atoms with E-state index in [0.29, 0.717) is 5.41 Å². The molecule has 1 fully saturated rings. The van der Waals surface area contributed by atoms with Crippen molar-refractivity contribution in [1.82, 2.24) is 0 Å². The quantitative estimate of drug-likeness (QED) is 0.642. The Balaban J connectivity index is 2.21. The summed E-state index contributed by atoms with van der Waals surface area (Å²) in [7, 11) is 0. The molecule has 1 aliphatic carbocycles. The highest BCUT2D eigenvalue weighted by Crippen LogP contribution is 2.57. The van der Waals surface area contributed by atoms with E-state index in [2.05, 4.69) is 51.1 Å². The van der Waals surface area contributed by atoms with Gasteiger partial charge in [0, 0.05) is 0 Å². The maximum absolute atomic E-state index is 2.40.